The molecular weight excluding hydrogens is 317 g/mol. The van der Waals surface area contributed by atoms with Crippen molar-refractivity contribution in [2.75, 3.05) is 0 Å². The van der Waals surface area contributed by atoms with Gasteiger partial charge in [-0.15, -0.1) is 24.5 Å². The highest BCUT2D eigenvalue weighted by atomic mass is 32.1. The van der Waals surface area contributed by atoms with E-state index in [2.05, 4.69) is 9.72 Å². The molecule has 0 saturated carbocycles. The van der Waals surface area contributed by atoms with Crippen LogP contribution in [0.1, 0.15) is 5.56 Å². The first-order valence-corrected chi connectivity index (χ1v) is 7.08. The van der Waals surface area contributed by atoms with Gasteiger partial charge in [-0.05, 0) is 29.1 Å². The summed E-state index contributed by atoms with van der Waals surface area (Å²) < 4.78 is 41.5. The van der Waals surface area contributed by atoms with E-state index in [1.54, 1.807) is 11.4 Å². The Balaban J connectivity index is 1.83. The number of fused-ring (bicyclic) bond motifs is 1. The molecule has 114 valence electrons. The van der Waals surface area contributed by atoms with E-state index in [0.29, 0.717) is 15.8 Å². The van der Waals surface area contributed by atoms with Crippen LogP contribution in [-0.2, 0) is 6.54 Å². The number of halogens is 3. The SMILES string of the molecule is O=c1c2ccsc2ncn1Cc1ccc(OC(F)(F)F)cc1. The van der Waals surface area contributed by atoms with Gasteiger partial charge in [0.1, 0.15) is 10.6 Å². The highest BCUT2D eigenvalue weighted by Crippen LogP contribution is 2.23. The molecule has 0 amide bonds. The standard InChI is InChI=1S/C14H9F3N2O2S/c15-14(16,17)21-10-3-1-9(2-4-10)7-19-8-18-12-11(13(19)20)5-6-22-12/h1-6,8H,7H2. The molecule has 3 aromatic rings. The number of hydrogen-bond acceptors (Lipinski definition) is 4. The second-order valence-electron chi connectivity index (χ2n) is 4.51. The number of hydrogen-bond donors (Lipinski definition) is 0. The zero-order chi connectivity index (χ0) is 15.7. The van der Waals surface area contributed by atoms with Gasteiger partial charge in [-0.1, -0.05) is 12.1 Å². The third kappa shape index (κ3) is 3.11. The van der Waals surface area contributed by atoms with Crippen LogP contribution in [0, 0.1) is 0 Å². The summed E-state index contributed by atoms with van der Waals surface area (Å²) >= 11 is 1.38. The molecule has 0 aliphatic rings. The molecule has 4 nitrogen and oxygen atoms in total. The van der Waals surface area contributed by atoms with Crippen molar-refractivity contribution in [2.24, 2.45) is 0 Å². The fraction of sp³-hybridized carbons (Fsp3) is 0.143. The molecule has 3 rings (SSSR count). The molecule has 0 unspecified atom stereocenters. The summed E-state index contributed by atoms with van der Waals surface area (Å²) in [4.78, 5) is 17.0. The summed E-state index contributed by atoms with van der Waals surface area (Å²) in [6, 6.07) is 7.08. The number of rotatable bonds is 3. The summed E-state index contributed by atoms with van der Waals surface area (Å²) in [6.45, 7) is 0.226. The van der Waals surface area contributed by atoms with E-state index in [-0.39, 0.29) is 17.9 Å². The van der Waals surface area contributed by atoms with Crippen LogP contribution < -0.4 is 10.3 Å². The number of aromatic nitrogens is 2. The fourth-order valence-electron chi connectivity index (χ4n) is 2.00. The van der Waals surface area contributed by atoms with Crippen LogP contribution in [0.15, 0.2) is 46.8 Å². The Morgan fingerprint density at radius 1 is 1.18 bits per heavy atom. The zero-order valence-corrected chi connectivity index (χ0v) is 11.8. The molecule has 0 atom stereocenters. The van der Waals surface area contributed by atoms with E-state index < -0.39 is 6.36 Å². The molecule has 0 aliphatic heterocycles. The lowest BCUT2D eigenvalue weighted by Gasteiger charge is -2.10. The van der Waals surface area contributed by atoms with Gasteiger partial charge in [0.15, 0.2) is 0 Å². The van der Waals surface area contributed by atoms with E-state index in [1.807, 2.05) is 0 Å². The van der Waals surface area contributed by atoms with Crippen molar-refractivity contribution in [1.29, 1.82) is 0 Å². The first kappa shape index (κ1) is 14.6. The number of benzene rings is 1. The predicted octanol–water partition coefficient (Wildman–Crippen LogP) is 3.40. The molecular formula is C14H9F3N2O2S. The Kier molecular flexibility index (Phi) is 3.61. The van der Waals surface area contributed by atoms with Crippen molar-refractivity contribution in [1.82, 2.24) is 9.55 Å². The van der Waals surface area contributed by atoms with E-state index in [4.69, 9.17) is 0 Å². The van der Waals surface area contributed by atoms with E-state index >= 15 is 0 Å². The van der Waals surface area contributed by atoms with Gasteiger partial charge >= 0.3 is 6.36 Å². The van der Waals surface area contributed by atoms with Crippen molar-refractivity contribution < 1.29 is 17.9 Å². The molecule has 2 heterocycles. The van der Waals surface area contributed by atoms with Gasteiger partial charge in [0.25, 0.3) is 5.56 Å². The maximum absolute atomic E-state index is 12.2. The largest absolute Gasteiger partial charge is 0.573 e. The van der Waals surface area contributed by atoms with Crippen LogP contribution >= 0.6 is 11.3 Å². The minimum Gasteiger partial charge on any atom is -0.406 e. The van der Waals surface area contributed by atoms with Crippen molar-refractivity contribution in [2.45, 2.75) is 12.9 Å². The molecule has 0 radical (unpaired) electrons. The third-order valence-corrected chi connectivity index (χ3v) is 3.78. The summed E-state index contributed by atoms with van der Waals surface area (Å²) in [5.41, 5.74) is 0.495. The Labute approximate surface area is 126 Å². The zero-order valence-electron chi connectivity index (χ0n) is 11.0. The van der Waals surface area contributed by atoms with Crippen molar-refractivity contribution in [3.63, 3.8) is 0 Å². The Morgan fingerprint density at radius 3 is 2.59 bits per heavy atom. The van der Waals surface area contributed by atoms with Gasteiger partial charge in [-0.2, -0.15) is 0 Å². The Hall–Kier alpha value is -2.35. The number of alkyl halides is 3. The lowest BCUT2D eigenvalue weighted by molar-refractivity contribution is -0.274. The van der Waals surface area contributed by atoms with Gasteiger partial charge in [-0.3, -0.25) is 9.36 Å². The molecule has 1 aromatic carbocycles. The first-order chi connectivity index (χ1) is 10.4. The summed E-state index contributed by atoms with van der Waals surface area (Å²) in [7, 11) is 0. The second-order valence-corrected chi connectivity index (χ2v) is 5.40. The Bertz CT molecular complexity index is 853. The molecule has 22 heavy (non-hydrogen) atoms. The first-order valence-electron chi connectivity index (χ1n) is 6.20. The van der Waals surface area contributed by atoms with Gasteiger partial charge in [0.2, 0.25) is 0 Å². The van der Waals surface area contributed by atoms with Gasteiger partial charge in [-0.25, -0.2) is 4.98 Å². The molecule has 0 spiro atoms. The van der Waals surface area contributed by atoms with Crippen LogP contribution in [0.5, 0.6) is 5.75 Å². The molecule has 0 bridgehead atoms. The molecule has 0 saturated heterocycles. The molecule has 0 fully saturated rings. The van der Waals surface area contributed by atoms with Crippen LogP contribution in [0.4, 0.5) is 13.2 Å². The lowest BCUT2D eigenvalue weighted by Crippen LogP contribution is -2.20. The lowest BCUT2D eigenvalue weighted by atomic mass is 10.2. The topological polar surface area (TPSA) is 44.1 Å². The van der Waals surface area contributed by atoms with E-state index in [0.717, 1.165) is 0 Å². The van der Waals surface area contributed by atoms with E-state index in [9.17, 15) is 18.0 Å². The number of nitrogens with zero attached hydrogens (tertiary/aromatic N) is 2. The number of ether oxygens (including phenoxy) is 1. The quantitative estimate of drug-likeness (QED) is 0.741. The van der Waals surface area contributed by atoms with Crippen LogP contribution in [0.25, 0.3) is 10.2 Å². The minimum absolute atomic E-state index is 0.179. The molecule has 0 aliphatic carbocycles. The summed E-state index contributed by atoms with van der Waals surface area (Å²) in [5, 5.41) is 2.32. The van der Waals surface area contributed by atoms with Crippen LogP contribution in [-0.4, -0.2) is 15.9 Å². The highest BCUT2D eigenvalue weighted by Gasteiger charge is 2.30. The van der Waals surface area contributed by atoms with Crippen molar-refractivity contribution in [3.8, 4) is 5.75 Å². The summed E-state index contributed by atoms with van der Waals surface area (Å²) in [5.74, 6) is -0.296. The summed E-state index contributed by atoms with van der Waals surface area (Å²) in [6.07, 6.45) is -3.28. The van der Waals surface area contributed by atoms with Crippen LogP contribution in [0.3, 0.4) is 0 Å². The van der Waals surface area contributed by atoms with Crippen LogP contribution in [0.2, 0.25) is 0 Å². The highest BCUT2D eigenvalue weighted by molar-refractivity contribution is 7.16. The predicted molar refractivity (Wildman–Crippen MR) is 76.1 cm³/mol. The molecule has 8 heteroatoms. The van der Waals surface area contributed by atoms with Gasteiger partial charge in [0.05, 0.1) is 18.3 Å². The Morgan fingerprint density at radius 2 is 1.91 bits per heavy atom. The molecule has 0 N–H and O–H groups in total. The van der Waals surface area contributed by atoms with Crippen molar-refractivity contribution in [3.05, 3.63) is 58.0 Å². The third-order valence-electron chi connectivity index (χ3n) is 2.96. The smallest absolute Gasteiger partial charge is 0.406 e. The monoisotopic (exact) mass is 326 g/mol. The average molecular weight is 326 g/mol. The maximum Gasteiger partial charge on any atom is 0.573 e. The van der Waals surface area contributed by atoms with Gasteiger partial charge in [0, 0.05) is 0 Å². The van der Waals surface area contributed by atoms with E-state index in [1.165, 1.54) is 46.5 Å². The normalized spacial score (nSPS) is 11.8. The fourth-order valence-corrected chi connectivity index (χ4v) is 2.72. The van der Waals surface area contributed by atoms with Gasteiger partial charge < -0.3 is 4.74 Å². The second kappa shape index (κ2) is 5.45. The number of thiophene rings is 1. The average Bonchev–Trinajstić information content (AvgIpc) is 2.92. The maximum atomic E-state index is 12.2. The minimum atomic E-state index is -4.72. The van der Waals surface area contributed by atoms with Crippen molar-refractivity contribution >= 4 is 21.6 Å². The molecule has 2 aromatic heterocycles.